The molecule has 0 bridgehead atoms. The van der Waals surface area contributed by atoms with E-state index >= 15 is 0 Å². The molecule has 3 rings (SSSR count). The van der Waals surface area contributed by atoms with Crippen molar-refractivity contribution in [3.63, 3.8) is 0 Å². The first-order chi connectivity index (χ1) is 13.3. The number of anilines is 1. The molecule has 0 aliphatic rings. The van der Waals surface area contributed by atoms with Crippen molar-refractivity contribution in [3.05, 3.63) is 64.5 Å². The fraction of sp³-hybridized carbons (Fsp3) is 0.0588. The standard InChI is InChI=1S/C17H8F6N2O2S/c18-8-2-1-3-9(19)13(8)12-6-28-17(24-12)25-15(26)14-10(20)4-7(5-11(14)21)27-16(22)23/h1-6,16H,(H,24,25,26). The fourth-order valence-electron chi connectivity index (χ4n) is 2.29. The lowest BCUT2D eigenvalue weighted by Gasteiger charge is -2.08. The van der Waals surface area contributed by atoms with Crippen LogP contribution in [0.25, 0.3) is 11.3 Å². The van der Waals surface area contributed by atoms with Crippen molar-refractivity contribution >= 4 is 22.4 Å². The highest BCUT2D eigenvalue weighted by atomic mass is 32.1. The van der Waals surface area contributed by atoms with Crippen LogP contribution in [0.15, 0.2) is 35.7 Å². The Kier molecular flexibility index (Phi) is 5.54. The van der Waals surface area contributed by atoms with Crippen molar-refractivity contribution in [1.29, 1.82) is 0 Å². The zero-order valence-corrected chi connectivity index (χ0v) is 14.3. The summed E-state index contributed by atoms with van der Waals surface area (Å²) >= 11 is 0.763. The van der Waals surface area contributed by atoms with Gasteiger partial charge in [-0.05, 0) is 12.1 Å². The van der Waals surface area contributed by atoms with Gasteiger partial charge < -0.3 is 4.74 Å². The smallest absolute Gasteiger partial charge is 0.387 e. The summed E-state index contributed by atoms with van der Waals surface area (Å²) in [5.74, 6) is -6.71. The minimum Gasteiger partial charge on any atom is -0.435 e. The van der Waals surface area contributed by atoms with Crippen LogP contribution in [-0.4, -0.2) is 17.5 Å². The lowest BCUT2D eigenvalue weighted by atomic mass is 10.1. The molecule has 28 heavy (non-hydrogen) atoms. The van der Waals surface area contributed by atoms with Crippen LogP contribution >= 0.6 is 11.3 Å². The Labute approximate surface area is 157 Å². The van der Waals surface area contributed by atoms with Gasteiger partial charge in [-0.3, -0.25) is 10.1 Å². The van der Waals surface area contributed by atoms with Gasteiger partial charge >= 0.3 is 6.61 Å². The summed E-state index contributed by atoms with van der Waals surface area (Å²) in [6.45, 7) is -3.30. The monoisotopic (exact) mass is 418 g/mol. The van der Waals surface area contributed by atoms with E-state index < -0.39 is 52.7 Å². The molecule has 11 heteroatoms. The average Bonchev–Trinajstić information content (AvgIpc) is 3.01. The van der Waals surface area contributed by atoms with Crippen molar-refractivity contribution in [2.75, 3.05) is 5.32 Å². The van der Waals surface area contributed by atoms with Crippen molar-refractivity contribution in [2.45, 2.75) is 6.61 Å². The van der Waals surface area contributed by atoms with Crippen molar-refractivity contribution < 1.29 is 35.9 Å². The minimum absolute atomic E-state index is 0.127. The molecule has 0 fully saturated rings. The van der Waals surface area contributed by atoms with Crippen LogP contribution in [0.1, 0.15) is 10.4 Å². The molecule has 4 nitrogen and oxygen atoms in total. The Balaban J connectivity index is 1.84. The zero-order valence-electron chi connectivity index (χ0n) is 13.5. The van der Waals surface area contributed by atoms with Gasteiger partial charge in [0.05, 0.1) is 11.3 Å². The van der Waals surface area contributed by atoms with Gasteiger partial charge in [0.2, 0.25) is 0 Å². The number of nitrogens with zero attached hydrogens (tertiary/aromatic N) is 1. The topological polar surface area (TPSA) is 51.2 Å². The molecule has 1 amide bonds. The molecular weight excluding hydrogens is 410 g/mol. The van der Waals surface area contributed by atoms with Crippen LogP contribution in [0.4, 0.5) is 31.5 Å². The normalized spacial score (nSPS) is 11.0. The second-order valence-corrected chi connectivity index (χ2v) is 6.09. The SMILES string of the molecule is O=C(Nc1nc(-c2c(F)cccc2F)cs1)c1c(F)cc(OC(F)F)cc1F. The molecule has 0 aliphatic carbocycles. The van der Waals surface area contributed by atoms with Crippen molar-refractivity contribution in [1.82, 2.24) is 4.98 Å². The van der Waals surface area contributed by atoms with Gasteiger partial charge in [-0.1, -0.05) is 6.07 Å². The molecule has 3 aromatic rings. The van der Waals surface area contributed by atoms with Crippen LogP contribution in [-0.2, 0) is 0 Å². The number of amides is 1. The summed E-state index contributed by atoms with van der Waals surface area (Å²) in [7, 11) is 0. The molecule has 0 unspecified atom stereocenters. The maximum atomic E-state index is 13.9. The Morgan fingerprint density at radius 2 is 1.64 bits per heavy atom. The van der Waals surface area contributed by atoms with Crippen LogP contribution in [0, 0.1) is 23.3 Å². The third-order valence-electron chi connectivity index (χ3n) is 3.41. The van der Waals surface area contributed by atoms with E-state index in [-0.39, 0.29) is 10.8 Å². The summed E-state index contributed by atoms with van der Waals surface area (Å²) in [4.78, 5) is 15.9. The maximum Gasteiger partial charge on any atom is 0.387 e. The van der Waals surface area contributed by atoms with Gasteiger partial charge in [-0.2, -0.15) is 8.78 Å². The molecule has 1 N–H and O–H groups in total. The number of benzene rings is 2. The summed E-state index contributed by atoms with van der Waals surface area (Å²) in [6, 6.07) is 4.04. The summed E-state index contributed by atoms with van der Waals surface area (Å²) in [5, 5.41) is 3.14. The Morgan fingerprint density at radius 3 is 2.21 bits per heavy atom. The highest BCUT2D eigenvalue weighted by molar-refractivity contribution is 7.14. The number of hydrogen-bond acceptors (Lipinski definition) is 4. The van der Waals surface area contributed by atoms with Gasteiger partial charge in [0.15, 0.2) is 5.13 Å². The molecule has 2 aromatic carbocycles. The second-order valence-electron chi connectivity index (χ2n) is 5.23. The van der Waals surface area contributed by atoms with E-state index in [0.29, 0.717) is 12.1 Å². The van der Waals surface area contributed by atoms with E-state index in [1.54, 1.807) is 0 Å². The van der Waals surface area contributed by atoms with E-state index in [4.69, 9.17) is 0 Å². The third kappa shape index (κ3) is 4.09. The van der Waals surface area contributed by atoms with Crippen molar-refractivity contribution in [3.8, 4) is 17.0 Å². The minimum atomic E-state index is -3.30. The number of rotatable bonds is 5. The number of alkyl halides is 2. The van der Waals surface area contributed by atoms with Gasteiger partial charge in [-0.25, -0.2) is 22.5 Å². The molecular formula is C17H8F6N2O2S. The predicted molar refractivity (Wildman–Crippen MR) is 88.4 cm³/mol. The molecule has 1 aromatic heterocycles. The first-order valence-corrected chi connectivity index (χ1v) is 8.29. The van der Waals surface area contributed by atoms with Gasteiger partial charge in [-0.15, -0.1) is 11.3 Å². The number of carbonyl (C=O) groups excluding carboxylic acids is 1. The van der Waals surface area contributed by atoms with E-state index in [1.165, 1.54) is 5.38 Å². The van der Waals surface area contributed by atoms with Crippen LogP contribution in [0.2, 0.25) is 0 Å². The van der Waals surface area contributed by atoms with Crippen LogP contribution < -0.4 is 10.1 Å². The quantitative estimate of drug-likeness (QED) is 0.578. The molecule has 0 spiro atoms. The summed E-state index contributed by atoms with van der Waals surface area (Å²) < 4.78 is 83.6. The predicted octanol–water partition coefficient (Wildman–Crippen LogP) is 5.22. The number of carbonyl (C=O) groups is 1. The van der Waals surface area contributed by atoms with Crippen LogP contribution in [0.3, 0.4) is 0 Å². The highest BCUT2D eigenvalue weighted by Gasteiger charge is 2.22. The second kappa shape index (κ2) is 7.89. The number of ether oxygens (including phenoxy) is 1. The third-order valence-corrected chi connectivity index (χ3v) is 4.17. The summed E-state index contributed by atoms with van der Waals surface area (Å²) in [5.41, 5.74) is -1.61. The number of hydrogen-bond donors (Lipinski definition) is 1. The highest BCUT2D eigenvalue weighted by Crippen LogP contribution is 2.30. The van der Waals surface area contributed by atoms with Gasteiger partial charge in [0.25, 0.3) is 5.91 Å². The Bertz CT molecular complexity index is 997. The van der Waals surface area contributed by atoms with E-state index in [1.807, 2.05) is 0 Å². The molecule has 0 radical (unpaired) electrons. The first-order valence-electron chi connectivity index (χ1n) is 7.41. The van der Waals surface area contributed by atoms with E-state index in [0.717, 1.165) is 29.5 Å². The fourth-order valence-corrected chi connectivity index (χ4v) is 2.98. The van der Waals surface area contributed by atoms with E-state index in [2.05, 4.69) is 15.0 Å². The van der Waals surface area contributed by atoms with Gasteiger partial charge in [0.1, 0.15) is 34.6 Å². The first kappa shape index (κ1) is 19.7. The largest absolute Gasteiger partial charge is 0.435 e. The molecule has 0 saturated carbocycles. The number of nitrogens with one attached hydrogen (secondary N) is 1. The van der Waals surface area contributed by atoms with Crippen molar-refractivity contribution in [2.24, 2.45) is 0 Å². The van der Waals surface area contributed by atoms with E-state index in [9.17, 15) is 31.1 Å². The lowest BCUT2D eigenvalue weighted by molar-refractivity contribution is -0.0501. The lowest BCUT2D eigenvalue weighted by Crippen LogP contribution is -2.16. The molecule has 0 saturated heterocycles. The molecule has 0 aliphatic heterocycles. The maximum absolute atomic E-state index is 13.9. The average molecular weight is 418 g/mol. The number of aromatic nitrogens is 1. The Morgan fingerprint density at radius 1 is 1.04 bits per heavy atom. The molecule has 146 valence electrons. The zero-order chi connectivity index (χ0) is 20.4. The number of thiazole rings is 1. The van der Waals surface area contributed by atoms with Crippen LogP contribution in [0.5, 0.6) is 5.75 Å². The molecule has 1 heterocycles. The molecule has 0 atom stereocenters. The summed E-state index contributed by atoms with van der Waals surface area (Å²) in [6.07, 6.45) is 0. The van der Waals surface area contributed by atoms with Gasteiger partial charge in [0, 0.05) is 17.5 Å². The Hall–Kier alpha value is -3.08. The number of halogens is 6.